The molecule has 2 aromatic carbocycles. The van der Waals surface area contributed by atoms with Gasteiger partial charge >= 0.3 is 0 Å². The largest absolute Gasteiger partial charge is 0.293 e. The van der Waals surface area contributed by atoms with Gasteiger partial charge in [-0.3, -0.25) is 4.79 Å². The monoisotopic (exact) mass is 423 g/mol. The topological polar surface area (TPSA) is 58.7 Å². The Morgan fingerprint density at radius 1 is 1.06 bits per heavy atom. The SMILES string of the molecule is CC(C)c1ccc(-n2nc(C3CC3c3ccccc3)c3c2CC(C)(C)C(C#N)C3=O)cc1. The molecule has 2 aliphatic rings. The lowest BCUT2D eigenvalue weighted by atomic mass is 9.67. The average Bonchev–Trinajstić information content (AvgIpc) is 3.48. The van der Waals surface area contributed by atoms with Gasteiger partial charge < -0.3 is 0 Å². The zero-order valence-electron chi connectivity index (χ0n) is 19.2. The van der Waals surface area contributed by atoms with Gasteiger partial charge in [-0.05, 0) is 53.4 Å². The van der Waals surface area contributed by atoms with Crippen LogP contribution in [0.5, 0.6) is 0 Å². The molecule has 5 rings (SSSR count). The number of aromatic nitrogens is 2. The fourth-order valence-electron chi connectivity index (χ4n) is 5.21. The summed E-state index contributed by atoms with van der Waals surface area (Å²) >= 11 is 0. The molecule has 1 fully saturated rings. The van der Waals surface area contributed by atoms with E-state index in [0.717, 1.165) is 23.5 Å². The Bertz CT molecular complexity index is 1210. The molecular weight excluding hydrogens is 394 g/mol. The minimum Gasteiger partial charge on any atom is -0.293 e. The number of fused-ring (bicyclic) bond motifs is 1. The maximum absolute atomic E-state index is 13.6. The summed E-state index contributed by atoms with van der Waals surface area (Å²) in [6.07, 6.45) is 1.65. The minimum atomic E-state index is -0.636. The molecule has 1 aromatic heterocycles. The van der Waals surface area contributed by atoms with Gasteiger partial charge in [-0.15, -0.1) is 0 Å². The highest BCUT2D eigenvalue weighted by Crippen LogP contribution is 2.56. The summed E-state index contributed by atoms with van der Waals surface area (Å²) in [6, 6.07) is 21.2. The van der Waals surface area contributed by atoms with Crippen LogP contribution in [-0.2, 0) is 6.42 Å². The van der Waals surface area contributed by atoms with Crippen molar-refractivity contribution in [1.82, 2.24) is 9.78 Å². The van der Waals surface area contributed by atoms with Crippen LogP contribution in [-0.4, -0.2) is 15.6 Å². The highest BCUT2D eigenvalue weighted by atomic mass is 16.1. The summed E-state index contributed by atoms with van der Waals surface area (Å²) in [6.45, 7) is 8.40. The number of ketones is 1. The Balaban J connectivity index is 1.62. The molecule has 1 heterocycles. The van der Waals surface area contributed by atoms with Crippen molar-refractivity contribution >= 4 is 5.78 Å². The Hall–Kier alpha value is -3.19. The van der Waals surface area contributed by atoms with E-state index in [1.54, 1.807) is 0 Å². The summed E-state index contributed by atoms with van der Waals surface area (Å²) in [5.41, 5.74) is 5.67. The van der Waals surface area contributed by atoms with E-state index in [2.05, 4.69) is 68.4 Å². The number of hydrogen-bond acceptors (Lipinski definition) is 3. The van der Waals surface area contributed by atoms with Crippen LogP contribution < -0.4 is 0 Å². The van der Waals surface area contributed by atoms with Crippen LogP contribution in [0.15, 0.2) is 54.6 Å². The van der Waals surface area contributed by atoms with Crippen molar-refractivity contribution in [3.8, 4) is 11.8 Å². The van der Waals surface area contributed by atoms with Crippen molar-refractivity contribution in [2.75, 3.05) is 0 Å². The van der Waals surface area contributed by atoms with E-state index >= 15 is 0 Å². The van der Waals surface area contributed by atoms with Crippen molar-refractivity contribution in [2.24, 2.45) is 11.3 Å². The standard InChI is InChI=1S/C28H29N3O/c1-17(2)18-10-12-20(13-11-18)31-24-15-28(3,4)23(16-29)27(32)25(24)26(30-31)22-14-21(22)19-8-6-5-7-9-19/h5-13,17,21-23H,14-15H2,1-4H3. The van der Waals surface area contributed by atoms with Crippen molar-refractivity contribution < 1.29 is 4.79 Å². The van der Waals surface area contributed by atoms with Gasteiger partial charge in [-0.2, -0.15) is 10.4 Å². The van der Waals surface area contributed by atoms with E-state index in [1.165, 1.54) is 11.1 Å². The summed E-state index contributed by atoms with van der Waals surface area (Å²) in [4.78, 5) is 13.6. The predicted molar refractivity (Wildman–Crippen MR) is 125 cm³/mol. The van der Waals surface area contributed by atoms with Crippen LogP contribution in [0, 0.1) is 22.7 Å². The number of nitriles is 1. The Labute approximate surface area is 189 Å². The second-order valence-corrected chi connectivity index (χ2v) is 10.3. The molecule has 2 aliphatic carbocycles. The van der Waals surface area contributed by atoms with Gasteiger partial charge in [0.15, 0.2) is 5.78 Å². The molecule has 0 aliphatic heterocycles. The zero-order valence-corrected chi connectivity index (χ0v) is 19.2. The second kappa shape index (κ2) is 7.45. The lowest BCUT2D eigenvalue weighted by molar-refractivity contribution is 0.0833. The first-order chi connectivity index (χ1) is 15.3. The van der Waals surface area contributed by atoms with Gasteiger partial charge in [0.2, 0.25) is 0 Å². The lowest BCUT2D eigenvalue weighted by Crippen LogP contribution is -2.38. The lowest BCUT2D eigenvalue weighted by Gasteiger charge is -2.33. The first-order valence-electron chi connectivity index (χ1n) is 11.5. The molecule has 1 saturated carbocycles. The van der Waals surface area contributed by atoms with Gasteiger partial charge in [-0.1, -0.05) is 70.2 Å². The number of rotatable bonds is 4. The number of benzene rings is 2. The molecule has 0 amide bonds. The smallest absolute Gasteiger partial charge is 0.184 e. The zero-order chi connectivity index (χ0) is 22.6. The van der Waals surface area contributed by atoms with Crippen LogP contribution in [0.1, 0.15) is 84.7 Å². The highest BCUT2D eigenvalue weighted by Gasteiger charge is 2.50. The average molecular weight is 424 g/mol. The molecule has 3 atom stereocenters. The van der Waals surface area contributed by atoms with Gasteiger partial charge in [-0.25, -0.2) is 4.68 Å². The summed E-state index contributed by atoms with van der Waals surface area (Å²) in [5.74, 6) is 0.379. The number of hydrogen-bond donors (Lipinski definition) is 0. The second-order valence-electron chi connectivity index (χ2n) is 10.3. The van der Waals surface area contributed by atoms with Gasteiger partial charge in [0, 0.05) is 5.92 Å². The van der Waals surface area contributed by atoms with Crippen LogP contribution in [0.4, 0.5) is 0 Å². The van der Waals surface area contributed by atoms with Crippen LogP contribution in [0.25, 0.3) is 5.69 Å². The fourth-order valence-corrected chi connectivity index (χ4v) is 5.21. The normalized spacial score (nSPS) is 23.6. The van der Waals surface area contributed by atoms with Crippen molar-refractivity contribution in [1.29, 1.82) is 5.26 Å². The number of nitrogens with zero attached hydrogens (tertiary/aromatic N) is 3. The number of carbonyl (C=O) groups excluding carboxylic acids is 1. The third-order valence-corrected chi connectivity index (χ3v) is 7.22. The highest BCUT2D eigenvalue weighted by molar-refractivity contribution is 6.03. The van der Waals surface area contributed by atoms with Crippen LogP contribution in [0.3, 0.4) is 0 Å². The van der Waals surface area contributed by atoms with E-state index in [0.29, 0.717) is 23.8 Å². The first-order valence-corrected chi connectivity index (χ1v) is 11.5. The Kier molecular flexibility index (Phi) is 4.82. The first kappa shape index (κ1) is 20.7. The minimum absolute atomic E-state index is 0.0579. The third kappa shape index (κ3) is 3.28. The summed E-state index contributed by atoms with van der Waals surface area (Å²) in [5, 5.41) is 14.9. The molecule has 162 valence electrons. The number of Topliss-reactive ketones (excluding diaryl/α,β-unsaturated/α-hetero) is 1. The molecule has 0 saturated heterocycles. The summed E-state index contributed by atoms with van der Waals surface area (Å²) < 4.78 is 1.97. The van der Waals surface area contributed by atoms with E-state index < -0.39 is 11.3 Å². The molecule has 0 bridgehead atoms. The van der Waals surface area contributed by atoms with E-state index in [1.807, 2.05) is 24.6 Å². The Morgan fingerprint density at radius 3 is 2.38 bits per heavy atom. The maximum Gasteiger partial charge on any atom is 0.184 e. The van der Waals surface area contributed by atoms with Crippen molar-refractivity contribution in [3.05, 3.63) is 82.7 Å². The predicted octanol–water partition coefficient (Wildman–Crippen LogP) is 6.17. The van der Waals surface area contributed by atoms with Gasteiger partial charge in [0.1, 0.15) is 5.92 Å². The fraction of sp³-hybridized carbons (Fsp3) is 0.393. The molecule has 3 unspecified atom stereocenters. The van der Waals surface area contributed by atoms with E-state index in [9.17, 15) is 10.1 Å². The molecule has 32 heavy (non-hydrogen) atoms. The quantitative estimate of drug-likeness (QED) is 0.504. The van der Waals surface area contributed by atoms with Gasteiger partial charge in [0.05, 0.1) is 28.7 Å². The van der Waals surface area contributed by atoms with E-state index in [4.69, 9.17) is 5.10 Å². The van der Waals surface area contributed by atoms with Crippen molar-refractivity contribution in [2.45, 2.75) is 58.3 Å². The molecule has 3 aromatic rings. The van der Waals surface area contributed by atoms with Crippen LogP contribution >= 0.6 is 0 Å². The van der Waals surface area contributed by atoms with Crippen LogP contribution in [0.2, 0.25) is 0 Å². The molecule has 0 radical (unpaired) electrons. The Morgan fingerprint density at radius 2 is 1.75 bits per heavy atom. The van der Waals surface area contributed by atoms with Crippen molar-refractivity contribution in [3.63, 3.8) is 0 Å². The third-order valence-electron chi connectivity index (χ3n) is 7.22. The number of carbonyl (C=O) groups is 1. The molecule has 4 nitrogen and oxygen atoms in total. The maximum atomic E-state index is 13.6. The van der Waals surface area contributed by atoms with E-state index in [-0.39, 0.29) is 11.7 Å². The molecular formula is C28H29N3O. The summed E-state index contributed by atoms with van der Waals surface area (Å²) in [7, 11) is 0. The van der Waals surface area contributed by atoms with Gasteiger partial charge in [0.25, 0.3) is 0 Å². The molecule has 0 spiro atoms. The molecule has 4 heteroatoms. The molecule has 0 N–H and O–H groups in total.